The van der Waals surface area contributed by atoms with Crippen molar-refractivity contribution in [1.29, 1.82) is 0 Å². The van der Waals surface area contributed by atoms with Crippen LogP contribution in [0.3, 0.4) is 0 Å². The second-order valence-electron chi connectivity index (χ2n) is 6.53. The molecule has 0 radical (unpaired) electrons. The van der Waals surface area contributed by atoms with Gasteiger partial charge in [-0.05, 0) is 31.0 Å². The molecule has 0 aliphatic rings. The maximum atomic E-state index is 13.8. The topological polar surface area (TPSA) is 76.4 Å². The summed E-state index contributed by atoms with van der Waals surface area (Å²) < 4.78 is 52.7. The van der Waals surface area contributed by atoms with Crippen LogP contribution in [0.2, 0.25) is 0 Å². The fourth-order valence-corrected chi connectivity index (χ4v) is 2.51. The van der Waals surface area contributed by atoms with E-state index in [1.165, 1.54) is 12.1 Å². The highest BCUT2D eigenvalue weighted by Gasteiger charge is 2.35. The minimum Gasteiger partial charge on any atom is -0.396 e. The zero-order valence-corrected chi connectivity index (χ0v) is 16.1. The number of nitrogens with one attached hydrogen (secondary N) is 1. The van der Waals surface area contributed by atoms with E-state index >= 15 is 0 Å². The maximum absolute atomic E-state index is 13.8. The smallest absolute Gasteiger partial charge is 0.396 e. The van der Waals surface area contributed by atoms with Gasteiger partial charge in [0.05, 0.1) is 24.8 Å². The largest absolute Gasteiger partial charge is 0.435 e. The lowest BCUT2D eigenvalue weighted by Gasteiger charge is -2.14. The van der Waals surface area contributed by atoms with Gasteiger partial charge in [0.15, 0.2) is 5.69 Å². The van der Waals surface area contributed by atoms with Gasteiger partial charge in [-0.15, -0.1) is 9.94 Å². The molecule has 2 rings (SSSR count). The highest BCUT2D eigenvalue weighted by atomic mass is 19.4. The molecule has 2 aromatic rings. The Bertz CT molecular complexity index is 837. The third-order valence-electron chi connectivity index (χ3n) is 4.33. The van der Waals surface area contributed by atoms with Gasteiger partial charge in [0.1, 0.15) is 12.4 Å². The van der Waals surface area contributed by atoms with Gasteiger partial charge in [0.25, 0.3) is 0 Å². The van der Waals surface area contributed by atoms with Crippen molar-refractivity contribution in [1.82, 2.24) is 15.3 Å². The summed E-state index contributed by atoms with van der Waals surface area (Å²) in [5, 5.41) is 14.9. The van der Waals surface area contributed by atoms with Crippen LogP contribution in [-0.2, 0) is 24.1 Å². The van der Waals surface area contributed by atoms with Crippen LogP contribution in [0.4, 0.5) is 17.6 Å². The highest BCUT2D eigenvalue weighted by molar-refractivity contribution is 5.83. The molecule has 1 aromatic heterocycles. The molecule has 0 saturated carbocycles. The Morgan fingerprint density at radius 3 is 2.66 bits per heavy atom. The monoisotopic (exact) mass is 417 g/mol. The number of unbranched alkanes of at least 4 members (excludes halogenated alkanes) is 1. The second kappa shape index (κ2) is 9.73. The van der Waals surface area contributed by atoms with E-state index in [1.807, 2.05) is 6.92 Å². The maximum Gasteiger partial charge on any atom is 0.435 e. The molecule has 1 aromatic carbocycles. The molecule has 0 spiro atoms. The quantitative estimate of drug-likeness (QED) is 0.485. The van der Waals surface area contributed by atoms with Crippen LogP contribution in [0.25, 0.3) is 0 Å². The number of aliphatic hydroxyl groups excluding tert-OH is 1. The number of aliphatic hydroxyl groups is 1. The summed E-state index contributed by atoms with van der Waals surface area (Å²) in [7, 11) is 0. The van der Waals surface area contributed by atoms with E-state index in [-0.39, 0.29) is 24.4 Å². The fourth-order valence-electron chi connectivity index (χ4n) is 2.51. The molecule has 0 aliphatic heterocycles. The first-order valence-electron chi connectivity index (χ1n) is 9.13. The molecule has 2 N–H and O–H groups in total. The molecule has 0 bridgehead atoms. The van der Waals surface area contributed by atoms with Crippen molar-refractivity contribution in [3.63, 3.8) is 0 Å². The van der Waals surface area contributed by atoms with Crippen LogP contribution in [0.5, 0.6) is 0 Å². The van der Waals surface area contributed by atoms with Crippen LogP contribution in [0.15, 0.2) is 24.3 Å². The molecule has 0 saturated heterocycles. The van der Waals surface area contributed by atoms with Crippen LogP contribution in [-0.4, -0.2) is 27.6 Å². The lowest BCUT2D eigenvalue weighted by Crippen LogP contribution is -2.29. The normalized spacial score (nSPS) is 12.7. The Morgan fingerprint density at radius 1 is 1.34 bits per heavy atom. The van der Waals surface area contributed by atoms with Crippen LogP contribution in [0, 0.1) is 5.82 Å². The second-order valence-corrected chi connectivity index (χ2v) is 6.53. The number of hydrogen-bond acceptors (Lipinski definition) is 4. The van der Waals surface area contributed by atoms with Gasteiger partial charge in [0.2, 0.25) is 5.91 Å². The number of halogens is 4. The van der Waals surface area contributed by atoms with Gasteiger partial charge in [-0.1, -0.05) is 25.5 Å². The van der Waals surface area contributed by atoms with Crippen molar-refractivity contribution in [2.75, 3.05) is 6.61 Å². The van der Waals surface area contributed by atoms with E-state index in [0.29, 0.717) is 12.0 Å². The summed E-state index contributed by atoms with van der Waals surface area (Å²) in [4.78, 5) is 18.4. The van der Waals surface area contributed by atoms with Gasteiger partial charge in [-0.2, -0.15) is 13.2 Å². The first-order valence-corrected chi connectivity index (χ1v) is 9.13. The van der Waals surface area contributed by atoms with Crippen molar-refractivity contribution in [2.45, 2.75) is 51.9 Å². The molecule has 1 heterocycles. The lowest BCUT2D eigenvalue weighted by molar-refractivity contribution is -0.142. The number of rotatable bonds is 9. The van der Waals surface area contributed by atoms with Crippen molar-refractivity contribution in [2.24, 2.45) is 0 Å². The minimum atomic E-state index is -4.64. The summed E-state index contributed by atoms with van der Waals surface area (Å²) in [6.45, 7) is 2.93. The zero-order chi connectivity index (χ0) is 21.6. The Morgan fingerprint density at radius 2 is 2.07 bits per heavy atom. The molecule has 10 heteroatoms. The first-order chi connectivity index (χ1) is 13.7. The number of alkyl halides is 3. The third kappa shape index (κ3) is 5.93. The van der Waals surface area contributed by atoms with E-state index in [4.69, 9.17) is 9.94 Å². The molecule has 1 atom stereocenters. The average Bonchev–Trinajstić information content (AvgIpc) is 3.09. The van der Waals surface area contributed by atoms with Gasteiger partial charge in [-0.25, -0.2) is 4.39 Å². The van der Waals surface area contributed by atoms with Crippen molar-refractivity contribution < 1.29 is 32.3 Å². The number of carbonyl (C=O) groups is 1. The van der Waals surface area contributed by atoms with E-state index in [1.54, 1.807) is 6.92 Å². The number of benzene rings is 1. The molecule has 0 aliphatic carbocycles. The van der Waals surface area contributed by atoms with Crippen molar-refractivity contribution >= 4 is 5.91 Å². The molecule has 1 unspecified atom stereocenters. The van der Waals surface area contributed by atoms with Crippen molar-refractivity contribution in [3.8, 4) is 0 Å². The van der Waals surface area contributed by atoms with E-state index < -0.39 is 36.1 Å². The number of aromatic nitrogens is 2. The standard InChI is InChI=1S/C19H23F4N3O3/c1-3-4-7-29-26-15(9-17(25-26)19(21,22)23)10-24-18(28)12(2)13-5-6-14(11-27)16(20)8-13/h5-6,8-9,12,27H,3-4,7,10-11H2,1-2H3,(H,24,28). The van der Waals surface area contributed by atoms with Gasteiger partial charge < -0.3 is 15.3 Å². The predicted octanol–water partition coefficient (Wildman–Crippen LogP) is 3.18. The molecule has 29 heavy (non-hydrogen) atoms. The van der Waals surface area contributed by atoms with Crippen LogP contribution < -0.4 is 10.2 Å². The Kier molecular flexibility index (Phi) is 7.60. The molecule has 6 nitrogen and oxygen atoms in total. The summed E-state index contributed by atoms with van der Waals surface area (Å²) >= 11 is 0. The highest BCUT2D eigenvalue weighted by Crippen LogP contribution is 2.28. The van der Waals surface area contributed by atoms with Gasteiger partial charge in [0, 0.05) is 5.56 Å². The van der Waals surface area contributed by atoms with Gasteiger partial charge >= 0.3 is 6.18 Å². The summed E-state index contributed by atoms with van der Waals surface area (Å²) in [5.74, 6) is -1.89. The lowest BCUT2D eigenvalue weighted by atomic mass is 9.98. The Hall–Kier alpha value is -2.62. The minimum absolute atomic E-state index is 0.0378. The van der Waals surface area contributed by atoms with E-state index in [0.717, 1.165) is 23.4 Å². The molecule has 1 amide bonds. The molecule has 160 valence electrons. The number of carbonyl (C=O) groups excluding carboxylic acids is 1. The predicted molar refractivity (Wildman–Crippen MR) is 96.2 cm³/mol. The summed E-state index contributed by atoms with van der Waals surface area (Å²) in [6, 6.07) is 4.85. The first kappa shape index (κ1) is 22.7. The number of amides is 1. The van der Waals surface area contributed by atoms with E-state index in [9.17, 15) is 22.4 Å². The van der Waals surface area contributed by atoms with Gasteiger partial charge in [-0.3, -0.25) is 4.79 Å². The number of nitrogens with zero attached hydrogens (tertiary/aromatic N) is 2. The van der Waals surface area contributed by atoms with E-state index in [2.05, 4.69) is 10.4 Å². The van der Waals surface area contributed by atoms with Crippen LogP contribution in [0.1, 0.15) is 55.1 Å². The Labute approximate surface area is 165 Å². The third-order valence-corrected chi connectivity index (χ3v) is 4.33. The SMILES string of the molecule is CCCCOn1nc(C(F)(F)F)cc1CNC(=O)C(C)c1ccc(CO)c(F)c1. The molecular weight excluding hydrogens is 394 g/mol. The van der Waals surface area contributed by atoms with Crippen molar-refractivity contribution in [3.05, 3.63) is 52.6 Å². The molecule has 0 fully saturated rings. The summed E-state index contributed by atoms with van der Waals surface area (Å²) in [6.07, 6.45) is -3.21. The number of hydrogen-bond donors (Lipinski definition) is 2. The summed E-state index contributed by atoms with van der Waals surface area (Å²) in [5.41, 5.74) is -0.598. The van der Waals surface area contributed by atoms with Crippen LogP contribution >= 0.6 is 0 Å². The molecular formula is C19H23F4N3O3. The zero-order valence-electron chi connectivity index (χ0n) is 16.1. The Balaban J connectivity index is 2.09. The average molecular weight is 417 g/mol. The fraction of sp³-hybridized carbons (Fsp3) is 0.474.